The van der Waals surface area contributed by atoms with Gasteiger partial charge in [0.05, 0.1) is 10.7 Å². The summed E-state index contributed by atoms with van der Waals surface area (Å²) in [5.74, 6) is 0.0202. The lowest BCUT2D eigenvalue weighted by Crippen LogP contribution is -2.15. The molecule has 27 heavy (non-hydrogen) atoms. The van der Waals surface area contributed by atoms with Crippen LogP contribution < -0.4 is 4.90 Å². The van der Waals surface area contributed by atoms with Crippen LogP contribution in [0.1, 0.15) is 17.2 Å². The van der Waals surface area contributed by atoms with E-state index in [9.17, 15) is 13.2 Å². The Labute approximate surface area is 161 Å². The third kappa shape index (κ3) is 3.21. The first-order valence-electron chi connectivity index (χ1n) is 7.83. The molecule has 0 saturated carbocycles. The molecule has 140 valence electrons. The van der Waals surface area contributed by atoms with Crippen molar-refractivity contribution < 1.29 is 13.2 Å². The minimum absolute atomic E-state index is 0.271. The number of aryl methyl sites for hydroxylation is 1. The lowest BCUT2D eigenvalue weighted by atomic mass is 10.2. The van der Waals surface area contributed by atoms with Gasteiger partial charge in [-0.15, -0.1) is 5.10 Å². The van der Waals surface area contributed by atoms with Crippen molar-refractivity contribution in [2.45, 2.75) is 19.5 Å². The molecule has 0 atom stereocenters. The van der Waals surface area contributed by atoms with Crippen LogP contribution in [0.3, 0.4) is 0 Å². The van der Waals surface area contributed by atoms with Crippen molar-refractivity contribution in [3.05, 3.63) is 51.8 Å². The fourth-order valence-electron chi connectivity index (χ4n) is 2.96. The molecule has 0 fully saturated rings. The van der Waals surface area contributed by atoms with Crippen molar-refractivity contribution in [3.8, 4) is 5.82 Å². The molecule has 1 aliphatic rings. The van der Waals surface area contributed by atoms with Crippen LogP contribution in [0.5, 0.6) is 0 Å². The van der Waals surface area contributed by atoms with Crippen molar-refractivity contribution in [2.75, 3.05) is 11.4 Å². The second-order valence-electron chi connectivity index (χ2n) is 5.90. The van der Waals surface area contributed by atoms with E-state index in [0.29, 0.717) is 45.9 Å². The summed E-state index contributed by atoms with van der Waals surface area (Å²) in [6.07, 6.45) is -3.10. The molecular weight excluding hydrogens is 404 g/mol. The van der Waals surface area contributed by atoms with Crippen LogP contribution in [0.2, 0.25) is 10.0 Å². The van der Waals surface area contributed by atoms with E-state index in [0.717, 1.165) is 11.0 Å². The van der Waals surface area contributed by atoms with Crippen molar-refractivity contribution >= 4 is 34.7 Å². The van der Waals surface area contributed by atoms with Gasteiger partial charge in [0.2, 0.25) is 0 Å². The SMILES string of the molecule is Cc1nc2c(c(-n3cnc(C(F)(F)F)n3)n1)CCN2c1ccc(Cl)cc1Cl. The molecule has 0 aliphatic carbocycles. The number of benzene rings is 1. The van der Waals surface area contributed by atoms with Gasteiger partial charge < -0.3 is 4.90 Å². The quantitative estimate of drug-likeness (QED) is 0.622. The molecule has 4 rings (SSSR count). The predicted octanol–water partition coefficient (Wildman–Crippen LogP) is 4.39. The van der Waals surface area contributed by atoms with E-state index in [-0.39, 0.29) is 5.82 Å². The highest BCUT2D eigenvalue weighted by Gasteiger charge is 2.36. The molecule has 6 nitrogen and oxygen atoms in total. The summed E-state index contributed by atoms with van der Waals surface area (Å²) in [4.78, 5) is 14.0. The molecule has 0 saturated heterocycles. The number of aromatic nitrogens is 5. The van der Waals surface area contributed by atoms with Crippen LogP contribution >= 0.6 is 23.2 Å². The fourth-order valence-corrected chi connectivity index (χ4v) is 3.47. The molecule has 3 aromatic rings. The predicted molar refractivity (Wildman–Crippen MR) is 93.9 cm³/mol. The summed E-state index contributed by atoms with van der Waals surface area (Å²) in [5.41, 5.74) is 1.38. The zero-order chi connectivity index (χ0) is 19.3. The molecule has 0 radical (unpaired) electrons. The first-order valence-corrected chi connectivity index (χ1v) is 8.59. The molecule has 1 aromatic carbocycles. The third-order valence-electron chi connectivity index (χ3n) is 4.08. The molecule has 3 heterocycles. The maximum atomic E-state index is 12.8. The van der Waals surface area contributed by atoms with Crippen molar-refractivity contribution in [3.63, 3.8) is 0 Å². The zero-order valence-corrected chi connectivity index (χ0v) is 15.3. The van der Waals surface area contributed by atoms with Crippen molar-refractivity contribution in [1.82, 2.24) is 24.7 Å². The van der Waals surface area contributed by atoms with Gasteiger partial charge in [0, 0.05) is 17.1 Å². The number of hydrogen-bond donors (Lipinski definition) is 0. The van der Waals surface area contributed by atoms with Crippen molar-refractivity contribution in [1.29, 1.82) is 0 Å². The van der Waals surface area contributed by atoms with Gasteiger partial charge in [-0.1, -0.05) is 23.2 Å². The highest BCUT2D eigenvalue weighted by molar-refractivity contribution is 6.36. The van der Waals surface area contributed by atoms with Gasteiger partial charge in [0.15, 0.2) is 5.82 Å². The molecule has 0 unspecified atom stereocenters. The number of fused-ring (bicyclic) bond motifs is 1. The average molecular weight is 415 g/mol. The number of hydrogen-bond acceptors (Lipinski definition) is 5. The molecular formula is C16H11Cl2F3N6. The van der Waals surface area contributed by atoms with E-state index < -0.39 is 12.0 Å². The standard InChI is InChI=1S/C16H11Cl2F3N6/c1-8-23-13-10(4-5-26(13)12-3-2-9(17)6-11(12)18)14(24-8)27-7-22-15(25-27)16(19,20)21/h2-3,6-7H,4-5H2,1H3. The number of halogens is 5. The van der Waals surface area contributed by atoms with E-state index in [4.69, 9.17) is 23.2 Å². The maximum absolute atomic E-state index is 12.8. The van der Waals surface area contributed by atoms with Crippen LogP contribution in [0.15, 0.2) is 24.5 Å². The third-order valence-corrected chi connectivity index (χ3v) is 4.62. The first kappa shape index (κ1) is 18.0. The highest BCUT2D eigenvalue weighted by Crippen LogP contribution is 2.39. The molecule has 0 N–H and O–H groups in total. The topological polar surface area (TPSA) is 59.7 Å². The second-order valence-corrected chi connectivity index (χ2v) is 6.75. The molecule has 0 spiro atoms. The Bertz CT molecular complexity index is 1030. The van der Waals surface area contributed by atoms with Gasteiger partial charge >= 0.3 is 6.18 Å². The Morgan fingerprint density at radius 1 is 1.11 bits per heavy atom. The minimum Gasteiger partial charge on any atom is -0.324 e. The largest absolute Gasteiger partial charge is 0.453 e. The number of nitrogens with zero attached hydrogens (tertiary/aromatic N) is 6. The number of anilines is 2. The Kier molecular flexibility index (Phi) is 4.23. The van der Waals surface area contributed by atoms with Crippen molar-refractivity contribution in [2.24, 2.45) is 0 Å². The summed E-state index contributed by atoms with van der Waals surface area (Å²) >= 11 is 12.3. The summed E-state index contributed by atoms with van der Waals surface area (Å²) in [5, 5.41) is 4.48. The Hall–Kier alpha value is -2.39. The van der Waals surface area contributed by atoms with Gasteiger partial charge in [-0.3, -0.25) is 0 Å². The van der Waals surface area contributed by atoms with Gasteiger partial charge in [0.25, 0.3) is 5.82 Å². The lowest BCUT2D eigenvalue weighted by molar-refractivity contribution is -0.144. The van der Waals surface area contributed by atoms with Gasteiger partial charge in [0.1, 0.15) is 18.0 Å². The Balaban J connectivity index is 1.81. The van der Waals surface area contributed by atoms with Gasteiger partial charge in [-0.25, -0.2) is 19.6 Å². The Morgan fingerprint density at radius 3 is 2.52 bits per heavy atom. The van der Waals surface area contributed by atoms with E-state index in [1.165, 1.54) is 0 Å². The van der Waals surface area contributed by atoms with Crippen LogP contribution in [0.4, 0.5) is 24.7 Å². The van der Waals surface area contributed by atoms with Crippen LogP contribution in [-0.4, -0.2) is 31.3 Å². The molecule has 1 aliphatic heterocycles. The van der Waals surface area contributed by atoms with E-state index in [1.807, 2.05) is 4.90 Å². The summed E-state index contributed by atoms with van der Waals surface area (Å²) in [6.45, 7) is 2.20. The van der Waals surface area contributed by atoms with Gasteiger partial charge in [-0.2, -0.15) is 13.2 Å². The summed E-state index contributed by atoms with van der Waals surface area (Å²) in [7, 11) is 0. The minimum atomic E-state index is -4.63. The van der Waals surface area contributed by atoms with Gasteiger partial charge in [-0.05, 0) is 31.5 Å². The normalized spacial score (nSPS) is 13.9. The van der Waals surface area contributed by atoms with E-state index in [1.54, 1.807) is 25.1 Å². The van der Waals surface area contributed by atoms with Crippen LogP contribution in [0, 0.1) is 6.92 Å². The van der Waals surface area contributed by atoms with E-state index >= 15 is 0 Å². The summed E-state index contributed by atoms with van der Waals surface area (Å²) in [6, 6.07) is 5.11. The van der Waals surface area contributed by atoms with E-state index in [2.05, 4.69) is 20.1 Å². The molecule has 2 aromatic heterocycles. The van der Waals surface area contributed by atoms with Crippen LogP contribution in [0.25, 0.3) is 5.82 Å². The number of rotatable bonds is 2. The molecule has 0 bridgehead atoms. The lowest BCUT2D eigenvalue weighted by Gasteiger charge is -2.20. The monoisotopic (exact) mass is 414 g/mol. The Morgan fingerprint density at radius 2 is 1.85 bits per heavy atom. The molecule has 0 amide bonds. The second kappa shape index (κ2) is 6.35. The zero-order valence-electron chi connectivity index (χ0n) is 13.8. The number of alkyl halides is 3. The highest BCUT2D eigenvalue weighted by atomic mass is 35.5. The smallest absolute Gasteiger partial charge is 0.324 e. The molecule has 11 heteroatoms. The first-order chi connectivity index (χ1) is 12.7. The average Bonchev–Trinajstić information content (AvgIpc) is 3.21. The van der Waals surface area contributed by atoms with Crippen LogP contribution in [-0.2, 0) is 12.6 Å². The fraction of sp³-hybridized carbons (Fsp3) is 0.250. The summed E-state index contributed by atoms with van der Waals surface area (Å²) < 4.78 is 39.5. The maximum Gasteiger partial charge on any atom is 0.453 e.